The van der Waals surface area contributed by atoms with Crippen LogP contribution in [-0.2, 0) is 6.42 Å². The summed E-state index contributed by atoms with van der Waals surface area (Å²) in [6, 6.07) is 1.94. The van der Waals surface area contributed by atoms with Crippen molar-refractivity contribution >= 4 is 44.5 Å². The second-order valence-corrected chi connectivity index (χ2v) is 3.83. The summed E-state index contributed by atoms with van der Waals surface area (Å²) in [6.45, 7) is 0. The van der Waals surface area contributed by atoms with Gasteiger partial charge in [-0.2, -0.15) is 12.6 Å². The summed E-state index contributed by atoms with van der Waals surface area (Å²) >= 11 is 10.7. The average Bonchev–Trinajstić information content (AvgIpc) is 2.14. The molecule has 0 bridgehead atoms. The molecule has 1 heterocycles. The van der Waals surface area contributed by atoms with Gasteiger partial charge in [-0.05, 0) is 43.7 Å². The summed E-state index contributed by atoms with van der Waals surface area (Å²) in [5.74, 6) is 1.76. The van der Waals surface area contributed by atoms with Gasteiger partial charge in [0.2, 0.25) is 0 Å². The third-order valence-electron chi connectivity index (χ3n) is 1.05. The van der Waals surface area contributed by atoms with Crippen LogP contribution in [0.4, 0.5) is 0 Å². The molecular formula is C6H6Br2OS. The molecule has 1 aromatic heterocycles. The summed E-state index contributed by atoms with van der Waals surface area (Å²) < 4.78 is 6.99. The molecule has 0 spiro atoms. The quantitative estimate of drug-likeness (QED) is 0.823. The first kappa shape index (κ1) is 8.68. The van der Waals surface area contributed by atoms with Crippen molar-refractivity contribution in [3.63, 3.8) is 0 Å². The molecule has 0 amide bonds. The molecule has 0 atom stereocenters. The molecule has 0 aliphatic rings. The highest BCUT2D eigenvalue weighted by Gasteiger charge is 2.03. The van der Waals surface area contributed by atoms with Crippen LogP contribution in [0.3, 0.4) is 0 Å². The Kier molecular flexibility index (Phi) is 3.33. The Hall–Kier alpha value is 0.590. The first-order valence-corrected chi connectivity index (χ1v) is 5.00. The van der Waals surface area contributed by atoms with Crippen molar-refractivity contribution in [2.24, 2.45) is 0 Å². The highest BCUT2D eigenvalue weighted by Crippen LogP contribution is 2.26. The maximum Gasteiger partial charge on any atom is 0.183 e. The predicted molar refractivity (Wildman–Crippen MR) is 51.7 cm³/mol. The first-order chi connectivity index (χ1) is 4.74. The number of hydrogen-bond acceptors (Lipinski definition) is 2. The van der Waals surface area contributed by atoms with Gasteiger partial charge in [0.15, 0.2) is 4.67 Å². The highest BCUT2D eigenvalue weighted by molar-refractivity contribution is 9.13. The number of thiol groups is 1. The third-order valence-corrected chi connectivity index (χ3v) is 2.99. The molecule has 4 heteroatoms. The van der Waals surface area contributed by atoms with Gasteiger partial charge in [0.1, 0.15) is 5.76 Å². The summed E-state index contributed by atoms with van der Waals surface area (Å²) in [5.41, 5.74) is 0. The zero-order valence-corrected chi connectivity index (χ0v) is 9.17. The fourth-order valence-electron chi connectivity index (χ4n) is 0.625. The molecule has 0 aliphatic carbocycles. The van der Waals surface area contributed by atoms with Crippen molar-refractivity contribution in [2.75, 3.05) is 5.75 Å². The van der Waals surface area contributed by atoms with Crippen LogP contribution in [-0.4, -0.2) is 5.75 Å². The summed E-state index contributed by atoms with van der Waals surface area (Å²) in [5, 5.41) is 0. The Bertz CT molecular complexity index is 202. The Morgan fingerprint density at radius 1 is 1.50 bits per heavy atom. The molecule has 0 radical (unpaired) electrons. The van der Waals surface area contributed by atoms with Gasteiger partial charge in [-0.1, -0.05) is 0 Å². The van der Waals surface area contributed by atoms with Crippen LogP contribution in [0.5, 0.6) is 0 Å². The van der Waals surface area contributed by atoms with E-state index in [4.69, 9.17) is 4.42 Å². The SMILES string of the molecule is SCCc1cc(Br)c(Br)o1. The number of rotatable bonds is 2. The fraction of sp³-hybridized carbons (Fsp3) is 0.333. The van der Waals surface area contributed by atoms with Gasteiger partial charge >= 0.3 is 0 Å². The smallest absolute Gasteiger partial charge is 0.183 e. The van der Waals surface area contributed by atoms with Gasteiger partial charge in [0.05, 0.1) is 4.47 Å². The van der Waals surface area contributed by atoms with Gasteiger partial charge in [-0.3, -0.25) is 0 Å². The van der Waals surface area contributed by atoms with Gasteiger partial charge in [-0.25, -0.2) is 0 Å². The van der Waals surface area contributed by atoms with Gasteiger partial charge < -0.3 is 4.42 Å². The maximum atomic E-state index is 5.28. The summed E-state index contributed by atoms with van der Waals surface area (Å²) in [7, 11) is 0. The number of aryl methyl sites for hydroxylation is 1. The van der Waals surface area contributed by atoms with Gasteiger partial charge in [0.25, 0.3) is 0 Å². The summed E-state index contributed by atoms with van der Waals surface area (Å²) in [6.07, 6.45) is 0.868. The van der Waals surface area contributed by atoms with Crippen molar-refractivity contribution in [3.8, 4) is 0 Å². The van der Waals surface area contributed by atoms with Crippen LogP contribution in [0, 0.1) is 0 Å². The molecular weight excluding hydrogens is 280 g/mol. The molecule has 0 saturated carbocycles. The van der Waals surface area contributed by atoms with Crippen molar-refractivity contribution in [3.05, 3.63) is 21.0 Å². The van der Waals surface area contributed by atoms with Crippen LogP contribution < -0.4 is 0 Å². The van der Waals surface area contributed by atoms with E-state index in [0.29, 0.717) is 0 Å². The largest absolute Gasteiger partial charge is 0.453 e. The molecule has 0 fully saturated rings. The molecule has 0 aromatic carbocycles. The lowest BCUT2D eigenvalue weighted by Gasteiger charge is -1.86. The lowest BCUT2D eigenvalue weighted by molar-refractivity contribution is 0.493. The molecule has 0 aliphatic heterocycles. The van der Waals surface area contributed by atoms with Crippen LogP contribution in [0.1, 0.15) is 5.76 Å². The van der Waals surface area contributed by atoms with Crippen LogP contribution in [0.15, 0.2) is 19.6 Å². The van der Waals surface area contributed by atoms with E-state index in [2.05, 4.69) is 44.5 Å². The molecule has 56 valence electrons. The van der Waals surface area contributed by atoms with E-state index in [9.17, 15) is 0 Å². The number of hydrogen-bond donors (Lipinski definition) is 1. The van der Waals surface area contributed by atoms with Crippen LogP contribution in [0.2, 0.25) is 0 Å². The first-order valence-electron chi connectivity index (χ1n) is 2.78. The van der Waals surface area contributed by atoms with E-state index in [1.54, 1.807) is 0 Å². The Labute approximate surface area is 81.8 Å². The van der Waals surface area contributed by atoms with Crippen LogP contribution in [0.25, 0.3) is 0 Å². The molecule has 1 rings (SSSR count). The fourth-order valence-corrected chi connectivity index (χ4v) is 1.50. The van der Waals surface area contributed by atoms with Crippen molar-refractivity contribution < 1.29 is 4.42 Å². The topological polar surface area (TPSA) is 13.1 Å². The predicted octanol–water partition coefficient (Wildman–Crippen LogP) is 3.28. The van der Waals surface area contributed by atoms with Crippen molar-refractivity contribution in [1.82, 2.24) is 0 Å². The van der Waals surface area contributed by atoms with Crippen molar-refractivity contribution in [1.29, 1.82) is 0 Å². The number of halogens is 2. The second-order valence-electron chi connectivity index (χ2n) is 1.81. The average molecular weight is 286 g/mol. The van der Waals surface area contributed by atoms with E-state index in [-0.39, 0.29) is 0 Å². The second kappa shape index (κ2) is 3.83. The molecule has 10 heavy (non-hydrogen) atoms. The minimum absolute atomic E-state index is 0.754. The zero-order valence-electron chi connectivity index (χ0n) is 5.10. The molecule has 1 nitrogen and oxygen atoms in total. The molecule has 0 unspecified atom stereocenters. The van der Waals surface area contributed by atoms with Crippen LogP contribution >= 0.6 is 44.5 Å². The monoisotopic (exact) mass is 284 g/mol. The molecule has 0 N–H and O–H groups in total. The Morgan fingerprint density at radius 2 is 2.20 bits per heavy atom. The van der Waals surface area contributed by atoms with E-state index in [1.165, 1.54) is 0 Å². The number of furan rings is 1. The van der Waals surface area contributed by atoms with Crippen molar-refractivity contribution in [2.45, 2.75) is 6.42 Å². The van der Waals surface area contributed by atoms with Gasteiger partial charge in [-0.15, -0.1) is 0 Å². The minimum atomic E-state index is 0.754. The minimum Gasteiger partial charge on any atom is -0.453 e. The molecule has 1 aromatic rings. The lowest BCUT2D eigenvalue weighted by atomic mass is 10.4. The zero-order chi connectivity index (χ0) is 7.56. The standard InChI is InChI=1S/C6H6Br2OS/c7-5-3-4(1-2-10)9-6(5)8/h3,10H,1-2H2. The highest BCUT2D eigenvalue weighted by atomic mass is 79.9. The third kappa shape index (κ3) is 2.04. The Morgan fingerprint density at radius 3 is 2.60 bits per heavy atom. The lowest BCUT2D eigenvalue weighted by Crippen LogP contribution is -1.79. The van der Waals surface area contributed by atoms with E-state index in [1.807, 2.05) is 6.07 Å². The van der Waals surface area contributed by atoms with E-state index in [0.717, 1.165) is 27.1 Å². The Balaban J connectivity index is 2.77. The summed E-state index contributed by atoms with van der Waals surface area (Å²) in [4.78, 5) is 0. The van der Waals surface area contributed by atoms with Gasteiger partial charge in [0, 0.05) is 6.42 Å². The van der Waals surface area contributed by atoms with E-state index >= 15 is 0 Å². The van der Waals surface area contributed by atoms with E-state index < -0.39 is 0 Å². The normalized spacial score (nSPS) is 10.3. The molecule has 0 saturated heterocycles. The maximum absolute atomic E-state index is 5.28.